The average Bonchev–Trinajstić information content (AvgIpc) is 2.96. The molecule has 104 valence electrons. The maximum Gasteiger partial charge on any atom is 0.324 e. The fourth-order valence-corrected chi connectivity index (χ4v) is 3.32. The van der Waals surface area contributed by atoms with Gasteiger partial charge in [-0.1, -0.05) is 42.5 Å². The van der Waals surface area contributed by atoms with Crippen LogP contribution in [0, 0.1) is 0 Å². The number of carbonyl (C=O) groups excluding carboxylic acids is 2. The topological polar surface area (TPSA) is 43.4 Å². The Morgan fingerprint density at radius 1 is 1.00 bits per heavy atom. The molecule has 2 aromatic rings. The van der Waals surface area contributed by atoms with Gasteiger partial charge in [-0.3, -0.25) is 9.59 Å². The monoisotopic (exact) mass is 278 g/mol. The summed E-state index contributed by atoms with van der Waals surface area (Å²) in [6.07, 6.45) is 0.996. The molecular formula is C18H14O3. The lowest BCUT2D eigenvalue weighted by Crippen LogP contribution is -2.27. The molecule has 2 aromatic carbocycles. The van der Waals surface area contributed by atoms with Crippen molar-refractivity contribution in [3.63, 3.8) is 0 Å². The quantitative estimate of drug-likeness (QED) is 0.507. The average molecular weight is 278 g/mol. The van der Waals surface area contributed by atoms with E-state index < -0.39 is 17.4 Å². The number of esters is 2. The molecule has 3 nitrogen and oxygen atoms in total. The largest absolute Gasteiger partial charge is 0.392 e. The van der Waals surface area contributed by atoms with Gasteiger partial charge in [-0.25, -0.2) is 0 Å². The molecule has 3 heteroatoms. The van der Waals surface area contributed by atoms with Gasteiger partial charge in [0.1, 0.15) is 5.41 Å². The van der Waals surface area contributed by atoms with Gasteiger partial charge in [0.2, 0.25) is 0 Å². The lowest BCUT2D eigenvalue weighted by Gasteiger charge is -2.19. The number of carbonyl (C=O) groups is 2. The van der Waals surface area contributed by atoms with Gasteiger partial charge in [-0.2, -0.15) is 0 Å². The fourth-order valence-electron chi connectivity index (χ4n) is 3.32. The summed E-state index contributed by atoms with van der Waals surface area (Å²) in [6.45, 7) is 1.78. The predicted molar refractivity (Wildman–Crippen MR) is 77.8 cm³/mol. The van der Waals surface area contributed by atoms with Crippen LogP contribution in [-0.2, 0) is 26.2 Å². The lowest BCUT2D eigenvalue weighted by molar-refractivity contribution is -0.153. The number of fused-ring (bicyclic) bond motifs is 3. The molecule has 0 amide bonds. The summed E-state index contributed by atoms with van der Waals surface area (Å²) in [5.41, 5.74) is 5.01. The molecule has 0 bridgehead atoms. The van der Waals surface area contributed by atoms with Gasteiger partial charge < -0.3 is 4.74 Å². The SMILES string of the molecule is CC1(c2ccc3c(c2)Cc2ccccc2-3)CC(=O)OC1=O. The van der Waals surface area contributed by atoms with Gasteiger partial charge >= 0.3 is 11.9 Å². The fraction of sp³-hybridized carbons (Fsp3) is 0.222. The number of rotatable bonds is 1. The number of ether oxygens (including phenoxy) is 1. The van der Waals surface area contributed by atoms with Gasteiger partial charge in [0, 0.05) is 0 Å². The first-order valence-corrected chi connectivity index (χ1v) is 7.05. The minimum atomic E-state index is -0.846. The summed E-state index contributed by atoms with van der Waals surface area (Å²) >= 11 is 0. The van der Waals surface area contributed by atoms with Crippen LogP contribution in [0.25, 0.3) is 11.1 Å². The second-order valence-electron chi connectivity index (χ2n) is 5.98. The summed E-state index contributed by atoms with van der Waals surface area (Å²) in [5, 5.41) is 0. The predicted octanol–water partition coefficient (Wildman–Crippen LogP) is 2.99. The van der Waals surface area contributed by atoms with Crippen molar-refractivity contribution >= 4 is 11.9 Å². The minimum absolute atomic E-state index is 0.123. The molecule has 1 fully saturated rings. The van der Waals surface area contributed by atoms with Gasteiger partial charge in [0.25, 0.3) is 0 Å². The van der Waals surface area contributed by atoms with Crippen LogP contribution in [0.5, 0.6) is 0 Å². The highest BCUT2D eigenvalue weighted by Gasteiger charge is 2.46. The molecule has 1 heterocycles. The highest BCUT2D eigenvalue weighted by Crippen LogP contribution is 2.41. The first-order valence-electron chi connectivity index (χ1n) is 7.05. The molecule has 0 aromatic heterocycles. The Balaban J connectivity index is 1.81. The Kier molecular flexibility index (Phi) is 2.37. The molecule has 1 unspecified atom stereocenters. The Morgan fingerprint density at radius 2 is 1.76 bits per heavy atom. The Labute approximate surface area is 122 Å². The third kappa shape index (κ3) is 1.67. The number of benzene rings is 2. The highest BCUT2D eigenvalue weighted by atomic mass is 16.6. The van der Waals surface area contributed by atoms with Crippen molar-refractivity contribution in [2.75, 3.05) is 0 Å². The standard InChI is InChI=1S/C18H14O3/c1-18(10-16(19)21-17(18)20)13-6-7-15-12(9-13)8-11-4-2-3-5-14(11)15/h2-7,9H,8,10H2,1H3. The Hall–Kier alpha value is -2.42. The van der Waals surface area contributed by atoms with Crippen LogP contribution in [0.1, 0.15) is 30.0 Å². The molecule has 1 aliphatic carbocycles. The van der Waals surface area contributed by atoms with Crippen LogP contribution in [0.2, 0.25) is 0 Å². The zero-order valence-corrected chi connectivity index (χ0v) is 11.7. The van der Waals surface area contributed by atoms with Crippen LogP contribution in [-0.4, -0.2) is 11.9 Å². The Morgan fingerprint density at radius 3 is 2.52 bits per heavy atom. The zero-order valence-electron chi connectivity index (χ0n) is 11.7. The maximum absolute atomic E-state index is 12.0. The minimum Gasteiger partial charge on any atom is -0.392 e. The number of cyclic esters (lactones) is 2. The molecule has 4 rings (SSSR count). The van der Waals surface area contributed by atoms with Crippen LogP contribution >= 0.6 is 0 Å². The van der Waals surface area contributed by atoms with Crippen LogP contribution < -0.4 is 0 Å². The molecule has 0 radical (unpaired) electrons. The van der Waals surface area contributed by atoms with Gasteiger partial charge in [-0.15, -0.1) is 0 Å². The molecule has 0 spiro atoms. The van der Waals surface area contributed by atoms with E-state index in [1.165, 1.54) is 22.3 Å². The van der Waals surface area contributed by atoms with E-state index >= 15 is 0 Å². The second-order valence-corrected chi connectivity index (χ2v) is 5.98. The van der Waals surface area contributed by atoms with Gasteiger partial charge in [0.15, 0.2) is 0 Å². The molecule has 0 saturated carbocycles. The molecule has 1 saturated heterocycles. The van der Waals surface area contributed by atoms with Crippen molar-refractivity contribution < 1.29 is 14.3 Å². The molecule has 21 heavy (non-hydrogen) atoms. The summed E-state index contributed by atoms with van der Waals surface area (Å²) < 4.78 is 4.73. The van der Waals surface area contributed by atoms with Crippen LogP contribution in [0.15, 0.2) is 42.5 Å². The first kappa shape index (κ1) is 12.3. The zero-order chi connectivity index (χ0) is 14.6. The maximum atomic E-state index is 12.0. The van der Waals surface area contributed by atoms with E-state index in [1.807, 2.05) is 18.2 Å². The van der Waals surface area contributed by atoms with E-state index in [0.717, 1.165) is 12.0 Å². The summed E-state index contributed by atoms with van der Waals surface area (Å²) in [7, 11) is 0. The van der Waals surface area contributed by atoms with E-state index in [0.29, 0.717) is 0 Å². The smallest absolute Gasteiger partial charge is 0.324 e. The first-order chi connectivity index (χ1) is 10.1. The van der Waals surface area contributed by atoms with E-state index in [1.54, 1.807) is 6.92 Å². The van der Waals surface area contributed by atoms with Gasteiger partial charge in [-0.05, 0) is 41.2 Å². The summed E-state index contributed by atoms with van der Waals surface area (Å²) in [5.74, 6) is -0.880. The van der Waals surface area contributed by atoms with Crippen molar-refractivity contribution in [2.24, 2.45) is 0 Å². The lowest BCUT2D eigenvalue weighted by atomic mass is 9.80. The van der Waals surface area contributed by atoms with Crippen molar-refractivity contribution in [2.45, 2.75) is 25.2 Å². The third-order valence-corrected chi connectivity index (χ3v) is 4.59. The van der Waals surface area contributed by atoms with E-state index in [2.05, 4.69) is 24.3 Å². The molecular weight excluding hydrogens is 264 g/mol. The van der Waals surface area contributed by atoms with Crippen LogP contribution in [0.4, 0.5) is 0 Å². The second kappa shape index (κ2) is 4.04. The van der Waals surface area contributed by atoms with Gasteiger partial charge in [0.05, 0.1) is 6.42 Å². The third-order valence-electron chi connectivity index (χ3n) is 4.59. The summed E-state index contributed by atoms with van der Waals surface area (Å²) in [6, 6.07) is 14.4. The van der Waals surface area contributed by atoms with Crippen molar-refractivity contribution in [1.29, 1.82) is 0 Å². The van der Waals surface area contributed by atoms with Crippen molar-refractivity contribution in [3.8, 4) is 11.1 Å². The summed E-state index contributed by atoms with van der Waals surface area (Å²) in [4.78, 5) is 23.4. The van der Waals surface area contributed by atoms with Crippen molar-refractivity contribution in [1.82, 2.24) is 0 Å². The molecule has 0 N–H and O–H groups in total. The normalized spacial score (nSPS) is 22.9. The number of hydrogen-bond acceptors (Lipinski definition) is 3. The molecule has 1 aliphatic heterocycles. The Bertz CT molecular complexity index is 791. The van der Waals surface area contributed by atoms with Crippen LogP contribution in [0.3, 0.4) is 0 Å². The van der Waals surface area contributed by atoms with Crippen molar-refractivity contribution in [3.05, 3.63) is 59.2 Å². The molecule has 2 aliphatic rings. The molecule has 1 atom stereocenters. The van der Waals surface area contributed by atoms with E-state index in [4.69, 9.17) is 4.74 Å². The van der Waals surface area contributed by atoms with E-state index in [9.17, 15) is 9.59 Å². The highest BCUT2D eigenvalue weighted by molar-refractivity contribution is 6.01. The number of hydrogen-bond donors (Lipinski definition) is 0. The van der Waals surface area contributed by atoms with E-state index in [-0.39, 0.29) is 6.42 Å².